The van der Waals surface area contributed by atoms with E-state index in [0.29, 0.717) is 28.6 Å². The van der Waals surface area contributed by atoms with Gasteiger partial charge in [0.25, 0.3) is 11.1 Å². The van der Waals surface area contributed by atoms with E-state index in [4.69, 9.17) is 4.74 Å². The molecule has 0 radical (unpaired) electrons. The predicted octanol–water partition coefficient (Wildman–Crippen LogP) is 2.55. The van der Waals surface area contributed by atoms with Crippen LogP contribution in [0.15, 0.2) is 76.4 Å². The molecule has 0 aliphatic carbocycles. The maximum Gasteiger partial charge on any atom is 0.265 e. The van der Waals surface area contributed by atoms with Gasteiger partial charge in [0, 0.05) is 43.8 Å². The molecule has 0 aliphatic heterocycles. The molecule has 5 aromatic rings. The van der Waals surface area contributed by atoms with Gasteiger partial charge in [-0.3, -0.25) is 18.8 Å². The first kappa shape index (κ1) is 27.3. The highest BCUT2D eigenvalue weighted by molar-refractivity contribution is 5.82. The van der Waals surface area contributed by atoms with E-state index in [0.717, 1.165) is 0 Å². The second-order valence-corrected chi connectivity index (χ2v) is 9.65. The number of phenols is 2. The minimum Gasteiger partial charge on any atom is -0.504 e. The van der Waals surface area contributed by atoms with Crippen LogP contribution in [0.1, 0.15) is 29.0 Å². The van der Waals surface area contributed by atoms with Gasteiger partial charge in [0.2, 0.25) is 11.8 Å². The summed E-state index contributed by atoms with van der Waals surface area (Å²) in [6.07, 6.45) is 1.54. The van der Waals surface area contributed by atoms with Gasteiger partial charge in [0.1, 0.15) is 11.4 Å². The lowest BCUT2D eigenvalue weighted by molar-refractivity contribution is -0.121. The van der Waals surface area contributed by atoms with Gasteiger partial charge in [0.15, 0.2) is 11.5 Å². The highest BCUT2D eigenvalue weighted by Gasteiger charge is 2.29. The number of nitrogens with zero attached hydrogens (tertiary/aromatic N) is 3. The van der Waals surface area contributed by atoms with Gasteiger partial charge in [-0.05, 0) is 59.8 Å². The van der Waals surface area contributed by atoms with Crippen LogP contribution in [0.5, 0.6) is 23.1 Å². The Bertz CT molecular complexity index is 1910. The van der Waals surface area contributed by atoms with Crippen LogP contribution in [0.4, 0.5) is 0 Å². The Morgan fingerprint density at radius 1 is 1.00 bits per heavy atom. The van der Waals surface area contributed by atoms with E-state index in [1.165, 1.54) is 34.4 Å². The van der Waals surface area contributed by atoms with Gasteiger partial charge < -0.3 is 29.9 Å². The Hall–Kier alpha value is -5.32. The van der Waals surface area contributed by atoms with Gasteiger partial charge in [-0.1, -0.05) is 12.1 Å². The molecular weight excluding hydrogens is 528 g/mol. The van der Waals surface area contributed by atoms with Crippen LogP contribution in [0.2, 0.25) is 0 Å². The minimum atomic E-state index is -1.12. The SMILES string of the molecule is COc1ccc2cc([C@@H](CC(=O)NCCc3ccc(O)c(O)c3)c3c(O)nc4ccccn4c3=O)c(=O)n(C)c2c1. The monoisotopic (exact) mass is 556 g/mol. The molecule has 0 aliphatic rings. The molecular formula is C30H28N4O7. The molecule has 3 heterocycles. The topological polar surface area (TPSA) is 155 Å². The summed E-state index contributed by atoms with van der Waals surface area (Å²) in [7, 11) is 3.11. The number of rotatable bonds is 8. The summed E-state index contributed by atoms with van der Waals surface area (Å²) in [4.78, 5) is 44.6. The largest absolute Gasteiger partial charge is 0.504 e. The van der Waals surface area contributed by atoms with Crippen molar-refractivity contribution in [1.82, 2.24) is 19.3 Å². The zero-order chi connectivity index (χ0) is 29.3. The standard InChI is InChI=1S/C30H28N4O7/c1-33-22-15-19(41-2)8-7-18(22)14-21(29(33)39)20(27-28(38)32-25-5-3-4-12-34(25)30(27)40)16-26(37)31-11-10-17-6-9-23(35)24(36)13-17/h3-9,12-15,20,35-36,38H,10-11,16H2,1-2H3,(H,31,37)/t20-/m1/s1. The molecule has 0 saturated heterocycles. The van der Waals surface area contributed by atoms with Gasteiger partial charge in [-0.15, -0.1) is 0 Å². The first-order valence-corrected chi connectivity index (χ1v) is 12.8. The molecule has 0 unspecified atom stereocenters. The van der Waals surface area contributed by atoms with Crippen LogP contribution < -0.4 is 21.2 Å². The van der Waals surface area contributed by atoms with Crippen molar-refractivity contribution in [3.63, 3.8) is 0 Å². The molecule has 1 atom stereocenters. The number of ether oxygens (including phenoxy) is 1. The van der Waals surface area contributed by atoms with Crippen LogP contribution in [0.3, 0.4) is 0 Å². The van der Waals surface area contributed by atoms with E-state index in [1.54, 1.807) is 55.6 Å². The first-order valence-electron chi connectivity index (χ1n) is 12.8. The summed E-state index contributed by atoms with van der Waals surface area (Å²) in [5.41, 5.74) is 0.438. The fourth-order valence-electron chi connectivity index (χ4n) is 4.94. The number of methoxy groups -OCH3 is 1. The molecule has 11 heteroatoms. The minimum absolute atomic E-state index is 0.147. The number of amides is 1. The highest BCUT2D eigenvalue weighted by Crippen LogP contribution is 2.31. The Labute approximate surface area is 233 Å². The summed E-state index contributed by atoms with van der Waals surface area (Å²) in [6.45, 7) is 0.187. The fourth-order valence-corrected chi connectivity index (χ4v) is 4.94. The van der Waals surface area contributed by atoms with E-state index in [1.807, 2.05) is 0 Å². The summed E-state index contributed by atoms with van der Waals surface area (Å²) in [5.74, 6) is -2.09. The zero-order valence-corrected chi connectivity index (χ0v) is 22.4. The van der Waals surface area contributed by atoms with Crippen LogP contribution in [0, 0.1) is 0 Å². The molecule has 0 saturated carbocycles. The molecule has 11 nitrogen and oxygen atoms in total. The predicted molar refractivity (Wildman–Crippen MR) is 152 cm³/mol. The number of phenolic OH excluding ortho intramolecular Hbond substituents is 2. The summed E-state index contributed by atoms with van der Waals surface area (Å²) in [6, 6.07) is 16.1. The third-order valence-electron chi connectivity index (χ3n) is 7.10. The maximum absolute atomic E-state index is 13.7. The molecule has 4 N–H and O–H groups in total. The Morgan fingerprint density at radius 2 is 1.80 bits per heavy atom. The lowest BCUT2D eigenvalue weighted by Crippen LogP contribution is -2.33. The fraction of sp³-hybridized carbons (Fsp3) is 0.200. The molecule has 210 valence electrons. The van der Waals surface area contributed by atoms with E-state index >= 15 is 0 Å². The summed E-state index contributed by atoms with van der Waals surface area (Å²) >= 11 is 0. The number of fused-ring (bicyclic) bond motifs is 2. The number of carbonyl (C=O) groups excluding carboxylic acids is 1. The molecule has 0 fully saturated rings. The number of aromatic nitrogens is 3. The number of hydrogen-bond acceptors (Lipinski definition) is 8. The Balaban J connectivity index is 1.55. The number of aryl methyl sites for hydroxylation is 1. The highest BCUT2D eigenvalue weighted by atomic mass is 16.5. The van der Waals surface area contributed by atoms with Crippen LogP contribution in [0.25, 0.3) is 16.6 Å². The number of carbonyl (C=O) groups is 1. The molecule has 3 aromatic heterocycles. The third kappa shape index (κ3) is 5.29. The lowest BCUT2D eigenvalue weighted by atomic mass is 9.89. The van der Waals surface area contributed by atoms with Crippen molar-refractivity contribution in [2.24, 2.45) is 7.05 Å². The molecule has 1 amide bonds. The molecule has 0 bridgehead atoms. The van der Waals surface area contributed by atoms with Crippen LogP contribution in [-0.4, -0.2) is 48.8 Å². The second-order valence-electron chi connectivity index (χ2n) is 9.65. The van der Waals surface area contributed by atoms with Crippen molar-refractivity contribution in [1.29, 1.82) is 0 Å². The first-order chi connectivity index (χ1) is 19.7. The molecule has 2 aromatic carbocycles. The lowest BCUT2D eigenvalue weighted by Gasteiger charge is -2.20. The summed E-state index contributed by atoms with van der Waals surface area (Å²) in [5, 5.41) is 33.6. The van der Waals surface area contributed by atoms with E-state index in [2.05, 4.69) is 10.3 Å². The molecule has 5 rings (SSSR count). The van der Waals surface area contributed by atoms with Crippen molar-refractivity contribution in [3.05, 3.63) is 104 Å². The Morgan fingerprint density at radius 3 is 2.56 bits per heavy atom. The quantitative estimate of drug-likeness (QED) is 0.213. The van der Waals surface area contributed by atoms with E-state index in [9.17, 15) is 29.7 Å². The third-order valence-corrected chi connectivity index (χ3v) is 7.10. The van der Waals surface area contributed by atoms with Crippen molar-refractivity contribution >= 4 is 22.5 Å². The second kappa shape index (κ2) is 11.0. The van der Waals surface area contributed by atoms with Crippen molar-refractivity contribution in [3.8, 4) is 23.1 Å². The number of aromatic hydroxyl groups is 3. The van der Waals surface area contributed by atoms with Crippen molar-refractivity contribution < 1.29 is 24.9 Å². The van der Waals surface area contributed by atoms with Gasteiger partial charge in [-0.25, -0.2) is 0 Å². The Kier molecular flexibility index (Phi) is 7.34. The van der Waals surface area contributed by atoms with Gasteiger partial charge in [-0.2, -0.15) is 4.98 Å². The molecule has 41 heavy (non-hydrogen) atoms. The van der Waals surface area contributed by atoms with Crippen LogP contribution >= 0.6 is 0 Å². The average Bonchev–Trinajstić information content (AvgIpc) is 2.96. The number of hydrogen-bond donors (Lipinski definition) is 4. The van der Waals surface area contributed by atoms with Crippen molar-refractivity contribution in [2.75, 3.05) is 13.7 Å². The average molecular weight is 557 g/mol. The van der Waals surface area contributed by atoms with Gasteiger partial charge in [0.05, 0.1) is 18.2 Å². The maximum atomic E-state index is 13.7. The number of benzene rings is 2. The van der Waals surface area contributed by atoms with Gasteiger partial charge >= 0.3 is 0 Å². The van der Waals surface area contributed by atoms with E-state index in [-0.39, 0.29) is 41.2 Å². The number of pyridine rings is 2. The van der Waals surface area contributed by atoms with Crippen molar-refractivity contribution in [2.45, 2.75) is 18.8 Å². The smallest absolute Gasteiger partial charge is 0.265 e. The number of nitrogens with one attached hydrogen (secondary N) is 1. The normalized spacial score (nSPS) is 12.0. The van der Waals surface area contributed by atoms with E-state index < -0.39 is 28.8 Å². The summed E-state index contributed by atoms with van der Waals surface area (Å²) < 4.78 is 7.96. The van der Waals surface area contributed by atoms with Crippen LogP contribution in [-0.2, 0) is 18.3 Å². The zero-order valence-electron chi connectivity index (χ0n) is 22.4. The molecule has 0 spiro atoms.